The van der Waals surface area contributed by atoms with Crippen molar-refractivity contribution < 1.29 is 0 Å². The van der Waals surface area contributed by atoms with E-state index in [-0.39, 0.29) is 0 Å². The lowest BCUT2D eigenvalue weighted by molar-refractivity contribution is 0.116. The molecule has 1 nitrogen and oxygen atoms in total. The molecule has 0 amide bonds. The minimum absolute atomic E-state index is 0.695. The summed E-state index contributed by atoms with van der Waals surface area (Å²) in [6.07, 6.45) is 13.4. The molecule has 0 aromatic carbocycles. The summed E-state index contributed by atoms with van der Waals surface area (Å²) in [7, 11) is 0. The number of hydrogen-bond donors (Lipinski definition) is 1. The third-order valence-electron chi connectivity index (χ3n) is 5.96. The minimum atomic E-state index is 0.695. The van der Waals surface area contributed by atoms with E-state index >= 15 is 0 Å². The van der Waals surface area contributed by atoms with Crippen LogP contribution in [0.4, 0.5) is 0 Å². The van der Waals surface area contributed by atoms with Crippen molar-refractivity contribution in [3.05, 3.63) is 0 Å². The monoisotopic (exact) mass is 249 g/mol. The van der Waals surface area contributed by atoms with E-state index in [1.54, 1.807) is 12.8 Å². The van der Waals surface area contributed by atoms with Crippen molar-refractivity contribution in [1.82, 2.24) is 5.32 Å². The summed E-state index contributed by atoms with van der Waals surface area (Å²) in [6.45, 7) is 6.17. The molecule has 0 aromatic rings. The van der Waals surface area contributed by atoms with Gasteiger partial charge < -0.3 is 5.32 Å². The Balaban J connectivity index is 1.62. The molecule has 3 aliphatic rings. The summed E-state index contributed by atoms with van der Waals surface area (Å²) < 4.78 is 0. The van der Waals surface area contributed by atoms with Crippen LogP contribution in [0.1, 0.15) is 71.6 Å². The van der Waals surface area contributed by atoms with Crippen molar-refractivity contribution in [2.75, 3.05) is 6.54 Å². The molecule has 0 aromatic heterocycles. The van der Waals surface area contributed by atoms with Crippen LogP contribution in [0.25, 0.3) is 0 Å². The first-order valence-corrected chi connectivity index (χ1v) is 8.45. The van der Waals surface area contributed by atoms with E-state index in [4.69, 9.17) is 0 Å². The van der Waals surface area contributed by atoms with Gasteiger partial charge in [-0.15, -0.1) is 0 Å². The molecule has 4 atom stereocenters. The second-order valence-corrected chi connectivity index (χ2v) is 7.70. The number of hydrogen-bond acceptors (Lipinski definition) is 1. The first-order valence-electron chi connectivity index (χ1n) is 8.45. The predicted octanol–water partition coefficient (Wildman–Crippen LogP) is 4.37. The molecule has 18 heavy (non-hydrogen) atoms. The fourth-order valence-corrected chi connectivity index (χ4v) is 5.02. The predicted molar refractivity (Wildman–Crippen MR) is 77.6 cm³/mol. The Bertz CT molecular complexity index is 283. The van der Waals surface area contributed by atoms with Gasteiger partial charge in [-0.3, -0.25) is 0 Å². The highest BCUT2D eigenvalue weighted by atomic mass is 15.0. The quantitative estimate of drug-likeness (QED) is 0.706. The zero-order valence-electron chi connectivity index (χ0n) is 12.4. The lowest BCUT2D eigenvalue weighted by Gasteiger charge is -2.40. The molecule has 3 aliphatic carbocycles. The second-order valence-electron chi connectivity index (χ2n) is 7.70. The fourth-order valence-electron chi connectivity index (χ4n) is 5.02. The van der Waals surface area contributed by atoms with Crippen molar-refractivity contribution in [3.63, 3.8) is 0 Å². The summed E-state index contributed by atoms with van der Waals surface area (Å²) in [6, 6.07) is 0.891. The van der Waals surface area contributed by atoms with Gasteiger partial charge in [0.05, 0.1) is 0 Å². The zero-order chi connectivity index (χ0) is 12.6. The molecule has 0 spiro atoms. The first kappa shape index (κ1) is 13.0. The molecule has 0 saturated heterocycles. The van der Waals surface area contributed by atoms with E-state index in [2.05, 4.69) is 19.2 Å². The zero-order valence-corrected chi connectivity index (χ0v) is 12.4. The molecule has 4 unspecified atom stereocenters. The summed E-state index contributed by atoms with van der Waals surface area (Å²) in [5.41, 5.74) is 0.695. The molecule has 0 aliphatic heterocycles. The topological polar surface area (TPSA) is 12.0 Å². The Morgan fingerprint density at radius 1 is 1.22 bits per heavy atom. The maximum atomic E-state index is 3.87. The van der Waals surface area contributed by atoms with Gasteiger partial charge in [0.1, 0.15) is 0 Å². The highest BCUT2D eigenvalue weighted by Crippen LogP contribution is 2.58. The van der Waals surface area contributed by atoms with Crippen molar-refractivity contribution in [3.8, 4) is 0 Å². The average molecular weight is 249 g/mol. The summed E-state index contributed by atoms with van der Waals surface area (Å²) >= 11 is 0. The van der Waals surface area contributed by atoms with Gasteiger partial charge in [0.15, 0.2) is 0 Å². The van der Waals surface area contributed by atoms with Crippen LogP contribution in [-0.2, 0) is 0 Å². The van der Waals surface area contributed by atoms with Crippen molar-refractivity contribution in [2.45, 2.75) is 77.7 Å². The standard InChI is InChI=1S/C17H31N/c1-3-4-13(2)10-17(12-18-16-7-8-16)11-14-5-6-15(17)9-14/h13-16,18H,3-12H2,1-2H3. The third kappa shape index (κ3) is 2.61. The van der Waals surface area contributed by atoms with Crippen molar-refractivity contribution in [2.24, 2.45) is 23.2 Å². The van der Waals surface area contributed by atoms with E-state index in [1.165, 1.54) is 51.5 Å². The van der Waals surface area contributed by atoms with E-state index in [0.717, 1.165) is 23.8 Å². The summed E-state index contributed by atoms with van der Waals surface area (Å²) in [5, 5.41) is 3.87. The lowest BCUT2D eigenvalue weighted by Crippen LogP contribution is -2.40. The third-order valence-corrected chi connectivity index (χ3v) is 5.96. The van der Waals surface area contributed by atoms with Gasteiger partial charge in [0.2, 0.25) is 0 Å². The summed E-state index contributed by atoms with van der Waals surface area (Å²) in [5.74, 6) is 3.09. The number of nitrogens with one attached hydrogen (secondary N) is 1. The number of rotatable bonds is 7. The van der Waals surface area contributed by atoms with Crippen LogP contribution in [0.5, 0.6) is 0 Å². The van der Waals surface area contributed by atoms with Gasteiger partial charge in [-0.1, -0.05) is 33.1 Å². The molecule has 3 saturated carbocycles. The Morgan fingerprint density at radius 2 is 2.06 bits per heavy atom. The highest BCUT2D eigenvalue weighted by molar-refractivity contribution is 5.02. The van der Waals surface area contributed by atoms with Gasteiger partial charge in [-0.2, -0.15) is 0 Å². The van der Waals surface area contributed by atoms with Crippen LogP contribution in [0.15, 0.2) is 0 Å². The normalized spacial score (nSPS) is 40.3. The smallest absolute Gasteiger partial charge is 0.00684 e. The molecule has 1 N–H and O–H groups in total. The second kappa shape index (κ2) is 5.15. The molecule has 0 radical (unpaired) electrons. The molecular formula is C17H31N. The SMILES string of the molecule is CCCC(C)CC1(CNC2CC2)CC2CCC1C2. The van der Waals surface area contributed by atoms with Crippen LogP contribution in [0.3, 0.4) is 0 Å². The van der Waals surface area contributed by atoms with Gasteiger partial charge >= 0.3 is 0 Å². The van der Waals surface area contributed by atoms with Gasteiger partial charge in [-0.25, -0.2) is 0 Å². The Morgan fingerprint density at radius 3 is 2.61 bits per heavy atom. The molecule has 0 heterocycles. The maximum absolute atomic E-state index is 3.87. The molecule has 104 valence electrons. The highest BCUT2D eigenvalue weighted by Gasteiger charge is 2.51. The Labute approximate surface area is 113 Å². The van der Waals surface area contributed by atoms with E-state index in [0.29, 0.717) is 5.41 Å². The van der Waals surface area contributed by atoms with Crippen LogP contribution in [0.2, 0.25) is 0 Å². The van der Waals surface area contributed by atoms with Crippen LogP contribution < -0.4 is 5.32 Å². The van der Waals surface area contributed by atoms with E-state index in [1.807, 2.05) is 0 Å². The van der Waals surface area contributed by atoms with E-state index in [9.17, 15) is 0 Å². The molecular weight excluding hydrogens is 218 g/mol. The lowest BCUT2D eigenvalue weighted by atomic mass is 9.67. The number of fused-ring (bicyclic) bond motifs is 2. The average Bonchev–Trinajstić information content (AvgIpc) is 2.97. The van der Waals surface area contributed by atoms with E-state index < -0.39 is 0 Å². The maximum Gasteiger partial charge on any atom is 0.00684 e. The van der Waals surface area contributed by atoms with Crippen LogP contribution in [-0.4, -0.2) is 12.6 Å². The molecule has 1 heteroatoms. The van der Waals surface area contributed by atoms with Crippen LogP contribution in [0, 0.1) is 23.2 Å². The molecule has 2 bridgehead atoms. The summed E-state index contributed by atoms with van der Waals surface area (Å²) in [4.78, 5) is 0. The Kier molecular flexibility index (Phi) is 3.71. The van der Waals surface area contributed by atoms with Crippen LogP contribution >= 0.6 is 0 Å². The minimum Gasteiger partial charge on any atom is -0.313 e. The van der Waals surface area contributed by atoms with Gasteiger partial charge in [0, 0.05) is 12.6 Å². The first-order chi connectivity index (χ1) is 8.72. The molecule has 3 fully saturated rings. The Hall–Kier alpha value is -0.0400. The molecule has 3 rings (SSSR count). The van der Waals surface area contributed by atoms with Crippen molar-refractivity contribution in [1.29, 1.82) is 0 Å². The fraction of sp³-hybridized carbons (Fsp3) is 1.00. The van der Waals surface area contributed by atoms with Gasteiger partial charge in [-0.05, 0) is 61.7 Å². The van der Waals surface area contributed by atoms with Crippen molar-refractivity contribution >= 4 is 0 Å². The van der Waals surface area contributed by atoms with Gasteiger partial charge in [0.25, 0.3) is 0 Å². The largest absolute Gasteiger partial charge is 0.313 e.